The summed E-state index contributed by atoms with van der Waals surface area (Å²) in [6.07, 6.45) is 2.34. The Bertz CT molecular complexity index is 939. The van der Waals surface area contributed by atoms with Crippen LogP contribution in [0.1, 0.15) is 26.3 Å². The average molecular weight is 386 g/mol. The molecule has 0 fully saturated rings. The Morgan fingerprint density at radius 1 is 1.30 bits per heavy atom. The molecule has 0 spiro atoms. The third-order valence-corrected chi connectivity index (χ3v) is 5.33. The van der Waals surface area contributed by atoms with E-state index in [9.17, 15) is 14.4 Å². The third kappa shape index (κ3) is 3.90. The average Bonchev–Trinajstić information content (AvgIpc) is 2.64. The Hall–Kier alpha value is -2.61. The van der Waals surface area contributed by atoms with E-state index in [1.807, 2.05) is 45.0 Å². The minimum absolute atomic E-state index is 0.112. The van der Waals surface area contributed by atoms with E-state index in [1.165, 1.54) is 16.7 Å². The summed E-state index contributed by atoms with van der Waals surface area (Å²) in [5.74, 6) is -0.167. The van der Waals surface area contributed by atoms with Gasteiger partial charge >= 0.3 is 0 Å². The number of anilines is 2. The summed E-state index contributed by atoms with van der Waals surface area (Å²) in [7, 11) is 0. The van der Waals surface area contributed by atoms with Crippen molar-refractivity contribution in [1.82, 2.24) is 9.78 Å². The lowest BCUT2D eigenvalue weighted by atomic mass is 10.1. The van der Waals surface area contributed by atoms with Crippen LogP contribution in [0.4, 0.5) is 11.4 Å². The second kappa shape index (κ2) is 7.96. The molecule has 0 bridgehead atoms. The van der Waals surface area contributed by atoms with Crippen molar-refractivity contribution in [2.45, 2.75) is 44.7 Å². The van der Waals surface area contributed by atoms with Crippen molar-refractivity contribution in [2.24, 2.45) is 0 Å². The topological polar surface area (TPSA) is 84.3 Å². The summed E-state index contributed by atoms with van der Waals surface area (Å²) in [6.45, 7) is 5.51. The first kappa shape index (κ1) is 19.2. The summed E-state index contributed by atoms with van der Waals surface area (Å²) in [5, 5.41) is 6.95. The van der Waals surface area contributed by atoms with Gasteiger partial charge in [-0.05, 0) is 31.9 Å². The van der Waals surface area contributed by atoms with Crippen molar-refractivity contribution in [3.8, 4) is 0 Å². The van der Waals surface area contributed by atoms with Gasteiger partial charge in [-0.15, -0.1) is 11.8 Å². The number of amides is 2. The van der Waals surface area contributed by atoms with Crippen LogP contribution >= 0.6 is 11.8 Å². The Labute approximate surface area is 161 Å². The largest absolute Gasteiger partial charge is 0.324 e. The molecule has 1 aromatic heterocycles. The zero-order chi connectivity index (χ0) is 19.6. The van der Waals surface area contributed by atoms with Crippen molar-refractivity contribution in [2.75, 3.05) is 16.0 Å². The van der Waals surface area contributed by atoms with E-state index in [1.54, 1.807) is 6.20 Å². The lowest BCUT2D eigenvalue weighted by molar-refractivity contribution is -0.117. The molecule has 0 aliphatic carbocycles. The number of fused-ring (bicyclic) bond motifs is 1. The number of rotatable bonds is 5. The molecule has 7 nitrogen and oxygen atoms in total. The number of aryl methyl sites for hydroxylation is 1. The summed E-state index contributed by atoms with van der Waals surface area (Å²) >= 11 is 1.30. The van der Waals surface area contributed by atoms with Crippen LogP contribution in [0.25, 0.3) is 0 Å². The van der Waals surface area contributed by atoms with Gasteiger partial charge < -0.3 is 10.2 Å². The van der Waals surface area contributed by atoms with Crippen molar-refractivity contribution in [3.05, 3.63) is 46.4 Å². The van der Waals surface area contributed by atoms with E-state index >= 15 is 0 Å². The van der Waals surface area contributed by atoms with Crippen LogP contribution in [0.2, 0.25) is 0 Å². The molecule has 2 heterocycles. The molecular formula is C19H22N4O3S. The van der Waals surface area contributed by atoms with E-state index in [4.69, 9.17) is 0 Å². The smallest absolute Gasteiger partial charge is 0.292 e. The summed E-state index contributed by atoms with van der Waals surface area (Å²) in [5.41, 5.74) is 1.62. The fraction of sp³-hybridized carbons (Fsp3) is 0.368. The highest BCUT2D eigenvalue weighted by Gasteiger charge is 2.30. The van der Waals surface area contributed by atoms with Crippen molar-refractivity contribution < 1.29 is 9.59 Å². The number of thioether (sulfide) groups is 1. The van der Waals surface area contributed by atoms with Crippen LogP contribution in [0.5, 0.6) is 0 Å². The summed E-state index contributed by atoms with van der Waals surface area (Å²) in [6, 6.07) is 7.39. The highest BCUT2D eigenvalue weighted by molar-refractivity contribution is 8.00. The van der Waals surface area contributed by atoms with Crippen LogP contribution in [0.15, 0.2) is 40.2 Å². The zero-order valence-corrected chi connectivity index (χ0v) is 16.4. The fourth-order valence-electron chi connectivity index (χ4n) is 3.06. The number of carbonyl (C=O) groups is 2. The van der Waals surface area contributed by atoms with Gasteiger partial charge in [-0.25, -0.2) is 4.68 Å². The summed E-state index contributed by atoms with van der Waals surface area (Å²) < 4.78 is 1.11. The molecular weight excluding hydrogens is 364 g/mol. The van der Waals surface area contributed by atoms with E-state index in [0.717, 1.165) is 22.4 Å². The highest BCUT2D eigenvalue weighted by Crippen LogP contribution is 2.32. The van der Waals surface area contributed by atoms with Crippen LogP contribution in [-0.4, -0.2) is 33.4 Å². The molecule has 0 saturated carbocycles. The number of nitrogens with one attached hydrogen (secondary N) is 1. The Morgan fingerprint density at radius 2 is 2.04 bits per heavy atom. The van der Waals surface area contributed by atoms with Crippen molar-refractivity contribution >= 4 is 35.0 Å². The molecule has 0 atom stereocenters. The Kier molecular flexibility index (Phi) is 5.65. The van der Waals surface area contributed by atoms with E-state index in [-0.39, 0.29) is 30.2 Å². The number of carbonyl (C=O) groups excluding carboxylic acids is 2. The molecule has 1 N–H and O–H groups in total. The summed E-state index contributed by atoms with van der Waals surface area (Å²) in [4.78, 5) is 39.8. The molecule has 2 aromatic rings. The molecule has 0 radical (unpaired) electrons. The standard InChI is InChI=1S/C19H22N4O3S/c1-4-13-7-5-6-8-14(13)21-16(24)10-22-19(26)18-15(9-20-22)27-11-17(25)23(18)12(2)3/h5-9,12H,4,10-11H2,1-3H3,(H,21,24). The molecule has 8 heteroatoms. The molecule has 1 aliphatic heterocycles. The SMILES string of the molecule is CCc1ccccc1NC(=O)Cn1ncc2c(c1=O)N(C(C)C)C(=O)CS2. The highest BCUT2D eigenvalue weighted by atomic mass is 32.2. The van der Waals surface area contributed by atoms with Gasteiger partial charge in [-0.1, -0.05) is 25.1 Å². The molecule has 0 unspecified atom stereocenters. The van der Waals surface area contributed by atoms with E-state index in [0.29, 0.717) is 10.6 Å². The quantitative estimate of drug-likeness (QED) is 0.852. The maximum atomic E-state index is 12.9. The van der Waals surface area contributed by atoms with Gasteiger partial charge in [0, 0.05) is 11.7 Å². The lowest BCUT2D eigenvalue weighted by Crippen LogP contribution is -2.45. The number of aromatic nitrogens is 2. The molecule has 3 rings (SSSR count). The molecule has 0 saturated heterocycles. The minimum Gasteiger partial charge on any atom is -0.324 e. The molecule has 1 aromatic carbocycles. The van der Waals surface area contributed by atoms with Gasteiger partial charge in [0.2, 0.25) is 11.8 Å². The van der Waals surface area contributed by atoms with Gasteiger partial charge in [0.15, 0.2) is 0 Å². The van der Waals surface area contributed by atoms with Gasteiger partial charge in [0.05, 0.1) is 16.8 Å². The van der Waals surface area contributed by atoms with Crippen LogP contribution < -0.4 is 15.8 Å². The van der Waals surface area contributed by atoms with E-state index in [2.05, 4.69) is 10.4 Å². The second-order valence-electron chi connectivity index (χ2n) is 6.53. The van der Waals surface area contributed by atoms with Crippen molar-refractivity contribution in [3.63, 3.8) is 0 Å². The Morgan fingerprint density at radius 3 is 2.74 bits per heavy atom. The second-order valence-corrected chi connectivity index (χ2v) is 7.54. The third-order valence-electron chi connectivity index (χ3n) is 4.33. The molecule has 27 heavy (non-hydrogen) atoms. The van der Waals surface area contributed by atoms with E-state index < -0.39 is 5.56 Å². The van der Waals surface area contributed by atoms with Crippen LogP contribution in [0, 0.1) is 0 Å². The predicted octanol–water partition coefficient (Wildman–Crippen LogP) is 2.29. The predicted molar refractivity (Wildman–Crippen MR) is 106 cm³/mol. The van der Waals surface area contributed by atoms with Gasteiger partial charge in [0.1, 0.15) is 12.2 Å². The first-order valence-corrected chi connectivity index (χ1v) is 9.83. The fourth-order valence-corrected chi connectivity index (χ4v) is 3.92. The van der Waals surface area contributed by atoms with Gasteiger partial charge in [0.25, 0.3) is 5.56 Å². The molecule has 2 amide bonds. The first-order valence-electron chi connectivity index (χ1n) is 8.85. The maximum Gasteiger partial charge on any atom is 0.292 e. The maximum absolute atomic E-state index is 12.9. The first-order chi connectivity index (χ1) is 12.9. The van der Waals surface area contributed by atoms with Gasteiger partial charge in [-0.2, -0.15) is 5.10 Å². The number of hydrogen-bond donors (Lipinski definition) is 1. The number of para-hydroxylation sites is 1. The van der Waals surface area contributed by atoms with Crippen molar-refractivity contribution in [1.29, 1.82) is 0 Å². The minimum atomic E-state index is -0.430. The Balaban J connectivity index is 1.87. The number of nitrogens with zero attached hydrogens (tertiary/aromatic N) is 3. The molecule has 1 aliphatic rings. The zero-order valence-electron chi connectivity index (χ0n) is 15.6. The lowest BCUT2D eigenvalue weighted by Gasteiger charge is -2.31. The van der Waals surface area contributed by atoms with Gasteiger partial charge in [-0.3, -0.25) is 14.4 Å². The number of hydrogen-bond acceptors (Lipinski definition) is 5. The van der Waals surface area contributed by atoms with Crippen LogP contribution in [-0.2, 0) is 22.6 Å². The monoisotopic (exact) mass is 386 g/mol. The van der Waals surface area contributed by atoms with Crippen LogP contribution in [0.3, 0.4) is 0 Å². The molecule has 142 valence electrons. The normalized spacial score (nSPS) is 13.6. The number of benzene rings is 1.